The Bertz CT molecular complexity index is 1240. The summed E-state index contributed by atoms with van der Waals surface area (Å²) in [5.41, 5.74) is 2.51. The fourth-order valence-electron chi connectivity index (χ4n) is 3.50. The van der Waals surface area contributed by atoms with Crippen LogP contribution in [-0.2, 0) is 10.0 Å². The summed E-state index contributed by atoms with van der Waals surface area (Å²) in [6, 6.07) is 11.5. The Morgan fingerprint density at radius 2 is 1.97 bits per heavy atom. The lowest BCUT2D eigenvalue weighted by molar-refractivity contribution is 0.102. The summed E-state index contributed by atoms with van der Waals surface area (Å²) in [7, 11) is -3.68. The van der Waals surface area contributed by atoms with Gasteiger partial charge in [0.25, 0.3) is 5.91 Å². The van der Waals surface area contributed by atoms with Crippen molar-refractivity contribution < 1.29 is 13.2 Å². The maximum absolute atomic E-state index is 13.3. The van der Waals surface area contributed by atoms with Gasteiger partial charge in [-0.2, -0.15) is 4.31 Å². The highest BCUT2D eigenvalue weighted by molar-refractivity contribution is 7.89. The zero-order valence-corrected chi connectivity index (χ0v) is 19.4. The van der Waals surface area contributed by atoms with Crippen molar-refractivity contribution >= 4 is 44.6 Å². The van der Waals surface area contributed by atoms with Gasteiger partial charge in [-0.15, -0.1) is 10.2 Å². The largest absolute Gasteiger partial charge is 0.320 e. The van der Waals surface area contributed by atoms with Crippen LogP contribution in [0.25, 0.3) is 0 Å². The van der Waals surface area contributed by atoms with Crippen LogP contribution in [0.2, 0.25) is 5.02 Å². The zero-order chi connectivity index (χ0) is 22.2. The first-order chi connectivity index (χ1) is 14.8. The number of benzene rings is 2. The Kier molecular flexibility index (Phi) is 6.11. The second kappa shape index (κ2) is 8.66. The molecule has 1 aliphatic heterocycles. The van der Waals surface area contributed by atoms with E-state index in [0.717, 1.165) is 28.9 Å². The Morgan fingerprint density at radius 3 is 2.71 bits per heavy atom. The number of amides is 1. The molecule has 2 heterocycles. The van der Waals surface area contributed by atoms with Gasteiger partial charge in [-0.3, -0.25) is 4.79 Å². The molecule has 10 heteroatoms. The number of nitrogens with one attached hydrogen (secondary N) is 1. The highest BCUT2D eigenvalue weighted by Gasteiger charge is 2.38. The van der Waals surface area contributed by atoms with E-state index in [1.165, 1.54) is 4.31 Å². The maximum Gasteiger partial charge on any atom is 0.286 e. The van der Waals surface area contributed by atoms with E-state index in [9.17, 15) is 13.2 Å². The Balaban J connectivity index is 1.56. The number of carbonyl (C=O) groups excluding carboxylic acids is 1. The maximum atomic E-state index is 13.3. The molecule has 0 radical (unpaired) electrons. The van der Waals surface area contributed by atoms with Gasteiger partial charge in [-0.1, -0.05) is 35.1 Å². The monoisotopic (exact) mass is 476 g/mol. The molecular weight excluding hydrogens is 456 g/mol. The molecule has 3 aromatic rings. The van der Waals surface area contributed by atoms with Crippen LogP contribution in [-0.4, -0.2) is 35.4 Å². The molecule has 0 bridgehead atoms. The number of hydrogen-bond acceptors (Lipinski definition) is 6. The van der Waals surface area contributed by atoms with E-state index in [4.69, 9.17) is 11.6 Å². The highest BCUT2D eigenvalue weighted by Crippen LogP contribution is 2.38. The minimum Gasteiger partial charge on any atom is -0.320 e. The average Bonchev–Trinajstić information content (AvgIpc) is 3.39. The van der Waals surface area contributed by atoms with E-state index in [1.807, 2.05) is 19.9 Å². The molecule has 0 aliphatic carbocycles. The van der Waals surface area contributed by atoms with Crippen LogP contribution in [0.3, 0.4) is 0 Å². The molecular formula is C21H21ClN4O3S2. The van der Waals surface area contributed by atoms with E-state index >= 15 is 0 Å². The molecule has 1 atom stereocenters. The molecule has 2 aromatic carbocycles. The van der Waals surface area contributed by atoms with Crippen LogP contribution < -0.4 is 5.32 Å². The summed E-state index contributed by atoms with van der Waals surface area (Å²) in [6.07, 6.45) is 1.35. The molecule has 1 aromatic heterocycles. The fraction of sp³-hybridized carbons (Fsp3) is 0.286. The van der Waals surface area contributed by atoms with Gasteiger partial charge in [0, 0.05) is 17.3 Å². The highest BCUT2D eigenvalue weighted by atomic mass is 35.5. The topological polar surface area (TPSA) is 92.3 Å². The lowest BCUT2D eigenvalue weighted by Crippen LogP contribution is -2.30. The second-order valence-electron chi connectivity index (χ2n) is 7.43. The van der Waals surface area contributed by atoms with E-state index in [1.54, 1.807) is 36.4 Å². The molecule has 4 rings (SSSR count). The molecule has 0 spiro atoms. The minimum absolute atomic E-state index is 0.172. The van der Waals surface area contributed by atoms with Crippen molar-refractivity contribution in [2.45, 2.75) is 37.6 Å². The number of anilines is 1. The van der Waals surface area contributed by atoms with Gasteiger partial charge < -0.3 is 5.32 Å². The fourth-order valence-corrected chi connectivity index (χ4v) is 6.39. The van der Waals surface area contributed by atoms with Crippen molar-refractivity contribution in [3.05, 3.63) is 68.6 Å². The van der Waals surface area contributed by atoms with Crippen molar-refractivity contribution in [1.82, 2.24) is 14.5 Å². The SMILES string of the molecule is Cc1ccc(S(=O)(=O)N2CCC[C@H]2c2nnc(C(=O)Nc3cccc(Cl)c3)s2)cc1C. The van der Waals surface area contributed by atoms with Gasteiger partial charge in [0.05, 0.1) is 10.9 Å². The van der Waals surface area contributed by atoms with E-state index in [2.05, 4.69) is 15.5 Å². The van der Waals surface area contributed by atoms with Crippen molar-refractivity contribution in [3.63, 3.8) is 0 Å². The molecule has 1 fully saturated rings. The first kappa shape index (κ1) is 21.9. The minimum atomic E-state index is -3.68. The molecule has 0 saturated carbocycles. The summed E-state index contributed by atoms with van der Waals surface area (Å²) in [6.45, 7) is 4.25. The number of aryl methyl sites for hydroxylation is 2. The number of rotatable bonds is 5. The zero-order valence-electron chi connectivity index (χ0n) is 17.0. The van der Waals surface area contributed by atoms with Crippen LogP contribution in [0.15, 0.2) is 47.4 Å². The molecule has 1 aliphatic rings. The first-order valence-corrected chi connectivity index (χ1v) is 12.4. The molecule has 7 nitrogen and oxygen atoms in total. The number of halogens is 1. The summed E-state index contributed by atoms with van der Waals surface area (Å²) in [5.74, 6) is -0.410. The van der Waals surface area contributed by atoms with Gasteiger partial charge in [0.15, 0.2) is 0 Å². The first-order valence-electron chi connectivity index (χ1n) is 9.75. The quantitative estimate of drug-likeness (QED) is 0.581. The standard InChI is InChI=1S/C21H21ClN4O3S2/c1-13-8-9-17(11-14(13)2)31(28,29)26-10-4-7-18(26)20-24-25-21(30-20)19(27)23-16-6-3-5-15(22)12-16/h3,5-6,8-9,11-12,18H,4,7,10H2,1-2H3,(H,23,27)/t18-/m0/s1. The van der Waals surface area contributed by atoms with E-state index < -0.39 is 22.0 Å². The third-order valence-corrected chi connectivity index (χ3v) is 8.45. The van der Waals surface area contributed by atoms with Crippen molar-refractivity contribution in [2.24, 2.45) is 0 Å². The number of aromatic nitrogens is 2. The van der Waals surface area contributed by atoms with E-state index in [0.29, 0.717) is 28.7 Å². The molecule has 162 valence electrons. The van der Waals surface area contributed by atoms with Crippen LogP contribution in [0.1, 0.15) is 44.8 Å². The molecule has 31 heavy (non-hydrogen) atoms. The van der Waals surface area contributed by atoms with Crippen LogP contribution in [0.5, 0.6) is 0 Å². The predicted molar refractivity (Wildman–Crippen MR) is 121 cm³/mol. The second-order valence-corrected chi connectivity index (χ2v) is 10.8. The lowest BCUT2D eigenvalue weighted by atomic mass is 10.1. The van der Waals surface area contributed by atoms with Crippen LogP contribution >= 0.6 is 22.9 Å². The van der Waals surface area contributed by atoms with Crippen molar-refractivity contribution in [1.29, 1.82) is 0 Å². The van der Waals surface area contributed by atoms with Crippen molar-refractivity contribution in [2.75, 3.05) is 11.9 Å². The van der Waals surface area contributed by atoms with Gasteiger partial charge in [0.1, 0.15) is 5.01 Å². The normalized spacial score (nSPS) is 17.1. The van der Waals surface area contributed by atoms with Gasteiger partial charge in [-0.05, 0) is 68.1 Å². The molecule has 0 unspecified atom stereocenters. The van der Waals surface area contributed by atoms with Gasteiger partial charge in [-0.25, -0.2) is 8.42 Å². The summed E-state index contributed by atoms with van der Waals surface area (Å²) in [5, 5.41) is 12.1. The number of sulfonamides is 1. The van der Waals surface area contributed by atoms with Crippen LogP contribution in [0.4, 0.5) is 5.69 Å². The summed E-state index contributed by atoms with van der Waals surface area (Å²) >= 11 is 7.06. The van der Waals surface area contributed by atoms with Gasteiger partial charge in [0.2, 0.25) is 15.0 Å². The third-order valence-electron chi connectivity index (χ3n) is 5.29. The molecule has 1 amide bonds. The predicted octanol–water partition coefficient (Wildman–Crippen LogP) is 4.59. The number of nitrogens with zero attached hydrogens (tertiary/aromatic N) is 3. The smallest absolute Gasteiger partial charge is 0.286 e. The van der Waals surface area contributed by atoms with Gasteiger partial charge >= 0.3 is 0 Å². The summed E-state index contributed by atoms with van der Waals surface area (Å²) < 4.78 is 28.0. The number of hydrogen-bond donors (Lipinski definition) is 1. The Labute approximate surface area is 190 Å². The number of carbonyl (C=O) groups is 1. The van der Waals surface area contributed by atoms with Crippen LogP contribution in [0, 0.1) is 13.8 Å². The Morgan fingerprint density at radius 1 is 1.16 bits per heavy atom. The summed E-state index contributed by atoms with van der Waals surface area (Å²) in [4.78, 5) is 12.8. The van der Waals surface area contributed by atoms with E-state index in [-0.39, 0.29) is 9.90 Å². The molecule has 1 saturated heterocycles. The molecule has 1 N–H and O–H groups in total. The third kappa shape index (κ3) is 4.50. The Hall–Kier alpha value is -2.33. The van der Waals surface area contributed by atoms with Crippen molar-refractivity contribution in [3.8, 4) is 0 Å². The lowest BCUT2D eigenvalue weighted by Gasteiger charge is -2.22. The average molecular weight is 477 g/mol.